The van der Waals surface area contributed by atoms with Gasteiger partial charge in [0.1, 0.15) is 12.4 Å². The molecule has 0 fully saturated rings. The average Bonchev–Trinajstić information content (AvgIpc) is 2.20. The van der Waals surface area contributed by atoms with E-state index < -0.39 is 5.97 Å². The number of aromatic carboxylic acids is 1. The van der Waals surface area contributed by atoms with E-state index in [1.807, 2.05) is 0 Å². The molecule has 0 saturated carbocycles. The van der Waals surface area contributed by atoms with Crippen LogP contribution in [-0.2, 0) is 4.74 Å². The predicted molar refractivity (Wildman–Crippen MR) is 55.8 cm³/mol. The zero-order valence-corrected chi connectivity index (χ0v) is 8.95. The summed E-state index contributed by atoms with van der Waals surface area (Å²) in [4.78, 5) is 10.7. The zero-order valence-electron chi connectivity index (χ0n) is 8.20. The molecule has 0 aliphatic heterocycles. The van der Waals surface area contributed by atoms with Gasteiger partial charge in [0.25, 0.3) is 0 Å². The molecule has 0 atom stereocenters. The van der Waals surface area contributed by atoms with E-state index >= 15 is 0 Å². The highest BCUT2D eigenvalue weighted by Crippen LogP contribution is 2.21. The lowest BCUT2D eigenvalue weighted by molar-refractivity contribution is 0.0696. The maximum absolute atomic E-state index is 10.7. The van der Waals surface area contributed by atoms with Crippen LogP contribution in [0, 0.1) is 0 Å². The number of carboxylic acids is 1. The van der Waals surface area contributed by atoms with Crippen LogP contribution < -0.4 is 4.74 Å². The Balaban J connectivity index is 2.74. The molecule has 0 radical (unpaired) electrons. The van der Waals surface area contributed by atoms with Crippen LogP contribution in [0.1, 0.15) is 10.4 Å². The largest absolute Gasteiger partial charge is 0.491 e. The molecule has 1 rings (SSSR count). The van der Waals surface area contributed by atoms with Crippen LogP contribution in [0.4, 0.5) is 0 Å². The van der Waals surface area contributed by atoms with E-state index in [4.69, 9.17) is 26.2 Å². The van der Waals surface area contributed by atoms with Crippen molar-refractivity contribution in [3.8, 4) is 5.75 Å². The van der Waals surface area contributed by atoms with Crippen molar-refractivity contribution >= 4 is 17.6 Å². The Hall–Kier alpha value is -1.26. The Bertz CT molecular complexity index is 351. The van der Waals surface area contributed by atoms with E-state index in [1.54, 1.807) is 13.2 Å². The Morgan fingerprint density at radius 1 is 1.47 bits per heavy atom. The summed E-state index contributed by atoms with van der Waals surface area (Å²) in [6, 6.07) is 4.50. The number of methoxy groups -OCH3 is 1. The number of rotatable bonds is 5. The summed E-state index contributed by atoms with van der Waals surface area (Å²) in [5.41, 5.74) is 0.0339. The fourth-order valence-electron chi connectivity index (χ4n) is 1.00. The molecule has 4 nitrogen and oxygen atoms in total. The van der Waals surface area contributed by atoms with E-state index in [0.29, 0.717) is 19.0 Å². The smallest absolute Gasteiger partial charge is 0.337 e. The molecule has 0 bridgehead atoms. The lowest BCUT2D eigenvalue weighted by Gasteiger charge is -2.06. The lowest BCUT2D eigenvalue weighted by Crippen LogP contribution is -2.05. The van der Waals surface area contributed by atoms with Crippen molar-refractivity contribution in [2.75, 3.05) is 20.3 Å². The Kier molecular flexibility index (Phi) is 4.39. The highest BCUT2D eigenvalue weighted by Gasteiger charge is 2.09. The molecular weight excluding hydrogens is 220 g/mol. The summed E-state index contributed by atoms with van der Waals surface area (Å²) in [7, 11) is 1.56. The van der Waals surface area contributed by atoms with E-state index in [-0.39, 0.29) is 10.6 Å². The van der Waals surface area contributed by atoms with Gasteiger partial charge in [0.15, 0.2) is 0 Å². The van der Waals surface area contributed by atoms with Crippen LogP contribution in [0.2, 0.25) is 5.02 Å². The van der Waals surface area contributed by atoms with Crippen LogP contribution in [0.5, 0.6) is 5.75 Å². The van der Waals surface area contributed by atoms with Gasteiger partial charge in [0.05, 0.1) is 17.2 Å². The fourth-order valence-corrected chi connectivity index (χ4v) is 1.20. The molecule has 0 aromatic heterocycles. The van der Waals surface area contributed by atoms with Gasteiger partial charge in [0, 0.05) is 7.11 Å². The minimum absolute atomic E-state index is 0.0339. The second-order valence-corrected chi connectivity index (χ2v) is 3.20. The van der Waals surface area contributed by atoms with Crippen LogP contribution in [-0.4, -0.2) is 31.4 Å². The first-order chi connectivity index (χ1) is 7.15. The van der Waals surface area contributed by atoms with Crippen molar-refractivity contribution in [2.45, 2.75) is 0 Å². The highest BCUT2D eigenvalue weighted by atomic mass is 35.5. The van der Waals surface area contributed by atoms with Gasteiger partial charge >= 0.3 is 5.97 Å². The summed E-state index contributed by atoms with van der Waals surface area (Å²) in [5, 5.41) is 8.99. The third-order valence-corrected chi connectivity index (χ3v) is 2.05. The molecule has 0 aliphatic carbocycles. The maximum Gasteiger partial charge on any atom is 0.337 e. The zero-order chi connectivity index (χ0) is 11.3. The van der Waals surface area contributed by atoms with Crippen LogP contribution >= 0.6 is 11.6 Å². The standard InChI is InChI=1S/C10H11ClO4/c1-14-4-5-15-7-2-3-9(11)8(6-7)10(12)13/h2-3,6H,4-5H2,1H3,(H,12,13). The van der Waals surface area contributed by atoms with Gasteiger partial charge in [-0.15, -0.1) is 0 Å². The second kappa shape index (κ2) is 5.58. The number of carbonyl (C=O) groups is 1. The SMILES string of the molecule is COCCOc1ccc(Cl)c(C(=O)O)c1. The predicted octanol–water partition coefficient (Wildman–Crippen LogP) is 2.06. The van der Waals surface area contributed by atoms with E-state index in [0.717, 1.165) is 0 Å². The van der Waals surface area contributed by atoms with Gasteiger partial charge in [0.2, 0.25) is 0 Å². The molecule has 15 heavy (non-hydrogen) atoms. The van der Waals surface area contributed by atoms with Gasteiger partial charge in [-0.1, -0.05) is 11.6 Å². The number of carboxylic acid groups (broad SMARTS) is 1. The number of benzene rings is 1. The van der Waals surface area contributed by atoms with Crippen molar-refractivity contribution in [3.63, 3.8) is 0 Å². The van der Waals surface area contributed by atoms with Gasteiger partial charge in [-0.2, -0.15) is 0 Å². The van der Waals surface area contributed by atoms with Crippen molar-refractivity contribution in [1.82, 2.24) is 0 Å². The third kappa shape index (κ3) is 3.42. The van der Waals surface area contributed by atoms with Gasteiger partial charge in [-0.25, -0.2) is 4.79 Å². The number of hydrogen-bond acceptors (Lipinski definition) is 3. The normalized spacial score (nSPS) is 10.0. The van der Waals surface area contributed by atoms with Gasteiger partial charge in [-0.05, 0) is 18.2 Å². The first-order valence-corrected chi connectivity index (χ1v) is 4.67. The molecule has 82 valence electrons. The molecule has 0 saturated heterocycles. The minimum Gasteiger partial charge on any atom is -0.491 e. The summed E-state index contributed by atoms with van der Waals surface area (Å²) < 4.78 is 10.0. The molecule has 0 unspecified atom stereocenters. The number of ether oxygens (including phenoxy) is 2. The molecule has 0 spiro atoms. The molecule has 5 heteroatoms. The Labute approximate surface area is 92.4 Å². The van der Waals surface area contributed by atoms with Crippen molar-refractivity contribution in [1.29, 1.82) is 0 Å². The molecular formula is C10H11ClO4. The van der Waals surface area contributed by atoms with Crippen molar-refractivity contribution < 1.29 is 19.4 Å². The molecule has 1 aromatic rings. The molecule has 1 aromatic carbocycles. The fraction of sp³-hybridized carbons (Fsp3) is 0.300. The summed E-state index contributed by atoms with van der Waals surface area (Å²) in [6.07, 6.45) is 0. The monoisotopic (exact) mass is 230 g/mol. The Morgan fingerprint density at radius 3 is 2.80 bits per heavy atom. The molecule has 0 aliphatic rings. The van der Waals surface area contributed by atoms with Crippen LogP contribution in [0.15, 0.2) is 18.2 Å². The first kappa shape index (κ1) is 11.8. The number of hydrogen-bond donors (Lipinski definition) is 1. The second-order valence-electron chi connectivity index (χ2n) is 2.79. The van der Waals surface area contributed by atoms with E-state index in [1.165, 1.54) is 12.1 Å². The number of halogens is 1. The average molecular weight is 231 g/mol. The van der Waals surface area contributed by atoms with Crippen LogP contribution in [0.3, 0.4) is 0 Å². The van der Waals surface area contributed by atoms with Gasteiger partial charge < -0.3 is 14.6 Å². The maximum atomic E-state index is 10.7. The summed E-state index contributed by atoms with van der Waals surface area (Å²) in [6.45, 7) is 0.822. The lowest BCUT2D eigenvalue weighted by atomic mass is 10.2. The van der Waals surface area contributed by atoms with Crippen molar-refractivity contribution in [2.24, 2.45) is 0 Å². The molecule has 1 N–H and O–H groups in total. The molecule has 0 heterocycles. The van der Waals surface area contributed by atoms with Crippen molar-refractivity contribution in [3.05, 3.63) is 28.8 Å². The van der Waals surface area contributed by atoms with Gasteiger partial charge in [-0.3, -0.25) is 0 Å². The first-order valence-electron chi connectivity index (χ1n) is 4.29. The summed E-state index contributed by atoms with van der Waals surface area (Å²) in [5.74, 6) is -0.606. The van der Waals surface area contributed by atoms with E-state index in [2.05, 4.69) is 0 Å². The third-order valence-electron chi connectivity index (χ3n) is 1.72. The quantitative estimate of drug-likeness (QED) is 0.787. The summed E-state index contributed by atoms with van der Waals surface area (Å²) >= 11 is 5.69. The minimum atomic E-state index is -1.07. The highest BCUT2D eigenvalue weighted by molar-refractivity contribution is 6.33. The Morgan fingerprint density at radius 2 is 2.20 bits per heavy atom. The topological polar surface area (TPSA) is 55.8 Å². The van der Waals surface area contributed by atoms with Crippen LogP contribution in [0.25, 0.3) is 0 Å². The molecule has 0 amide bonds. The van der Waals surface area contributed by atoms with E-state index in [9.17, 15) is 4.79 Å².